The summed E-state index contributed by atoms with van der Waals surface area (Å²) in [6.07, 6.45) is 4.74. The number of hydrogen-bond donors (Lipinski definition) is 2. The van der Waals surface area contributed by atoms with E-state index in [4.69, 9.17) is 25.1 Å². The molecule has 0 aliphatic carbocycles. The SMILES string of the molecule is N#Cc1ccc(N2CC3(CCN(c4nccs4)C3)C2)nc1.O=CO.O=CO. The van der Waals surface area contributed by atoms with Crippen molar-refractivity contribution in [1.82, 2.24) is 9.97 Å². The molecule has 2 saturated heterocycles. The standard InChI is InChI=1S/C15H15N5S.2CH2O2/c16-7-12-1-2-13(18-8-12)20-10-15(11-20)3-5-19(9-15)14-17-4-6-21-14;2*2-1-3/h1-2,4,6,8H,3,5,9-11H2;2*1H,(H,2,3). The molecule has 0 amide bonds. The molecule has 4 rings (SSSR count). The third-order valence-corrected chi connectivity index (χ3v) is 5.21. The number of thiazole rings is 1. The second-order valence-electron chi connectivity index (χ2n) is 6.07. The Balaban J connectivity index is 0.000000389. The molecule has 0 bridgehead atoms. The summed E-state index contributed by atoms with van der Waals surface area (Å²) in [5.74, 6) is 0.979. The number of pyridine rings is 1. The van der Waals surface area contributed by atoms with Gasteiger partial charge in [0.2, 0.25) is 0 Å². The smallest absolute Gasteiger partial charge is 0.290 e. The van der Waals surface area contributed by atoms with Crippen molar-refractivity contribution in [1.29, 1.82) is 5.26 Å². The van der Waals surface area contributed by atoms with E-state index in [1.165, 1.54) is 6.42 Å². The van der Waals surface area contributed by atoms with Crippen molar-refractivity contribution in [2.45, 2.75) is 6.42 Å². The van der Waals surface area contributed by atoms with E-state index in [1.807, 2.05) is 23.7 Å². The number of rotatable bonds is 2. The number of nitriles is 1. The van der Waals surface area contributed by atoms with Gasteiger partial charge in [0, 0.05) is 49.4 Å². The Morgan fingerprint density at radius 1 is 1.15 bits per heavy atom. The van der Waals surface area contributed by atoms with Crippen LogP contribution in [0.3, 0.4) is 0 Å². The van der Waals surface area contributed by atoms with Gasteiger partial charge in [-0.1, -0.05) is 0 Å². The van der Waals surface area contributed by atoms with Crippen LogP contribution in [0.1, 0.15) is 12.0 Å². The van der Waals surface area contributed by atoms with Gasteiger partial charge in [0.05, 0.1) is 5.56 Å². The Hall–Kier alpha value is -3.19. The first-order valence-corrected chi connectivity index (χ1v) is 8.90. The second kappa shape index (κ2) is 9.49. The lowest BCUT2D eigenvalue weighted by molar-refractivity contribution is -0.123. The summed E-state index contributed by atoms with van der Waals surface area (Å²) in [5, 5.41) is 25.8. The van der Waals surface area contributed by atoms with E-state index >= 15 is 0 Å². The van der Waals surface area contributed by atoms with Gasteiger partial charge >= 0.3 is 0 Å². The van der Waals surface area contributed by atoms with Crippen LogP contribution in [0.25, 0.3) is 0 Å². The lowest BCUT2D eigenvalue weighted by Gasteiger charge is -2.48. The normalized spacial score (nSPS) is 16.1. The first kappa shape index (κ1) is 20.1. The molecule has 0 saturated carbocycles. The third-order valence-electron chi connectivity index (χ3n) is 4.38. The van der Waals surface area contributed by atoms with Gasteiger partial charge in [0.15, 0.2) is 5.13 Å². The largest absolute Gasteiger partial charge is 0.483 e. The molecule has 2 N–H and O–H groups in total. The van der Waals surface area contributed by atoms with Gasteiger partial charge in [0.1, 0.15) is 11.9 Å². The topological polar surface area (TPSA) is 131 Å². The zero-order chi connectivity index (χ0) is 19.7. The lowest BCUT2D eigenvalue weighted by Crippen LogP contribution is -2.58. The van der Waals surface area contributed by atoms with Crippen LogP contribution in [0.15, 0.2) is 29.9 Å². The summed E-state index contributed by atoms with van der Waals surface area (Å²) < 4.78 is 0. The highest BCUT2D eigenvalue weighted by Gasteiger charge is 2.48. The van der Waals surface area contributed by atoms with Crippen LogP contribution in [-0.4, -0.2) is 59.3 Å². The van der Waals surface area contributed by atoms with Crippen molar-refractivity contribution in [3.05, 3.63) is 35.5 Å². The zero-order valence-electron chi connectivity index (χ0n) is 14.4. The van der Waals surface area contributed by atoms with Crippen LogP contribution in [-0.2, 0) is 9.59 Å². The Morgan fingerprint density at radius 3 is 2.33 bits per heavy atom. The molecule has 4 heterocycles. The highest BCUT2D eigenvalue weighted by atomic mass is 32.1. The summed E-state index contributed by atoms with van der Waals surface area (Å²) in [5.41, 5.74) is 1.01. The number of carboxylic acid groups (broad SMARTS) is 2. The average Bonchev–Trinajstić information content (AvgIpc) is 3.32. The summed E-state index contributed by atoms with van der Waals surface area (Å²) in [7, 11) is 0. The summed E-state index contributed by atoms with van der Waals surface area (Å²) in [6, 6.07) is 5.89. The van der Waals surface area contributed by atoms with Gasteiger partial charge in [-0.25, -0.2) is 9.97 Å². The number of aromatic nitrogens is 2. The van der Waals surface area contributed by atoms with Crippen LogP contribution in [0.5, 0.6) is 0 Å². The number of hydrogen-bond acceptors (Lipinski definition) is 8. The monoisotopic (exact) mass is 389 g/mol. The van der Waals surface area contributed by atoms with E-state index in [2.05, 4.69) is 25.8 Å². The quantitative estimate of drug-likeness (QED) is 0.734. The fourth-order valence-corrected chi connectivity index (χ4v) is 3.96. The first-order chi connectivity index (χ1) is 13.1. The van der Waals surface area contributed by atoms with Crippen LogP contribution >= 0.6 is 11.3 Å². The van der Waals surface area contributed by atoms with Gasteiger partial charge in [-0.3, -0.25) is 9.59 Å². The van der Waals surface area contributed by atoms with Gasteiger partial charge in [-0.05, 0) is 18.6 Å². The molecule has 0 radical (unpaired) electrons. The molecular formula is C17H19N5O4S. The number of carbonyl (C=O) groups is 2. The molecule has 0 aromatic carbocycles. The van der Waals surface area contributed by atoms with E-state index in [0.29, 0.717) is 11.0 Å². The van der Waals surface area contributed by atoms with Crippen LogP contribution in [0.4, 0.5) is 10.9 Å². The van der Waals surface area contributed by atoms with E-state index in [9.17, 15) is 0 Å². The molecule has 2 aromatic rings. The second-order valence-corrected chi connectivity index (χ2v) is 6.94. The maximum atomic E-state index is 8.81. The van der Waals surface area contributed by atoms with Crippen LogP contribution < -0.4 is 9.80 Å². The van der Waals surface area contributed by atoms with E-state index in [1.54, 1.807) is 17.5 Å². The van der Waals surface area contributed by atoms with Crippen molar-refractivity contribution in [2.75, 3.05) is 36.0 Å². The molecule has 2 aliphatic rings. The van der Waals surface area contributed by atoms with Gasteiger partial charge in [-0.15, -0.1) is 11.3 Å². The molecule has 27 heavy (non-hydrogen) atoms. The van der Waals surface area contributed by atoms with Crippen LogP contribution in [0, 0.1) is 16.7 Å². The molecule has 142 valence electrons. The molecule has 2 aromatic heterocycles. The predicted octanol–water partition coefficient (Wildman–Crippen LogP) is 1.53. The molecule has 10 heteroatoms. The molecule has 0 unspecified atom stereocenters. The minimum absolute atomic E-state index is 0.250. The fourth-order valence-electron chi connectivity index (χ4n) is 3.29. The molecule has 2 fully saturated rings. The summed E-state index contributed by atoms with van der Waals surface area (Å²) in [4.78, 5) is 30.2. The van der Waals surface area contributed by atoms with E-state index in [-0.39, 0.29) is 12.9 Å². The highest BCUT2D eigenvalue weighted by molar-refractivity contribution is 7.13. The first-order valence-electron chi connectivity index (χ1n) is 8.02. The van der Waals surface area contributed by atoms with Crippen molar-refractivity contribution in [2.24, 2.45) is 5.41 Å². The lowest BCUT2D eigenvalue weighted by atomic mass is 9.79. The van der Waals surface area contributed by atoms with Crippen molar-refractivity contribution < 1.29 is 19.8 Å². The fraction of sp³-hybridized carbons (Fsp3) is 0.353. The van der Waals surface area contributed by atoms with Crippen molar-refractivity contribution in [3.63, 3.8) is 0 Å². The minimum atomic E-state index is -0.250. The Kier molecular flexibility index (Phi) is 7.08. The molecular weight excluding hydrogens is 370 g/mol. The number of anilines is 2. The predicted molar refractivity (Wildman–Crippen MR) is 99.9 cm³/mol. The van der Waals surface area contributed by atoms with E-state index in [0.717, 1.165) is 37.1 Å². The molecule has 1 spiro atoms. The molecule has 9 nitrogen and oxygen atoms in total. The maximum Gasteiger partial charge on any atom is 0.290 e. The van der Waals surface area contributed by atoms with Crippen molar-refractivity contribution in [3.8, 4) is 6.07 Å². The Bertz CT molecular complexity index is 764. The van der Waals surface area contributed by atoms with Gasteiger partial charge < -0.3 is 20.0 Å². The maximum absolute atomic E-state index is 8.81. The third kappa shape index (κ3) is 4.92. The summed E-state index contributed by atoms with van der Waals surface area (Å²) in [6.45, 7) is 3.79. The average molecular weight is 389 g/mol. The highest BCUT2D eigenvalue weighted by Crippen LogP contribution is 2.42. The summed E-state index contributed by atoms with van der Waals surface area (Å²) >= 11 is 1.72. The number of nitrogens with zero attached hydrogens (tertiary/aromatic N) is 5. The van der Waals surface area contributed by atoms with Crippen molar-refractivity contribution >= 4 is 35.2 Å². The Morgan fingerprint density at radius 2 is 1.81 bits per heavy atom. The van der Waals surface area contributed by atoms with Gasteiger partial charge in [0.25, 0.3) is 12.9 Å². The van der Waals surface area contributed by atoms with E-state index < -0.39 is 0 Å². The van der Waals surface area contributed by atoms with Gasteiger partial charge in [-0.2, -0.15) is 5.26 Å². The molecule has 0 atom stereocenters. The van der Waals surface area contributed by atoms with Crippen LogP contribution in [0.2, 0.25) is 0 Å². The zero-order valence-corrected chi connectivity index (χ0v) is 15.2. The molecule has 2 aliphatic heterocycles. The minimum Gasteiger partial charge on any atom is -0.483 e. The Labute approximate surface area is 160 Å².